The largest absolute Gasteiger partial charge is 0.418 e. The molecule has 5 heterocycles. The molecule has 3 aromatic carbocycles. The van der Waals surface area contributed by atoms with Gasteiger partial charge in [0.25, 0.3) is 0 Å². The quantitative estimate of drug-likeness (QED) is 0.0383. The average molecular weight is 1050 g/mol. The van der Waals surface area contributed by atoms with Crippen molar-refractivity contribution in [3.63, 3.8) is 0 Å². The molecule has 0 atom stereocenters. The summed E-state index contributed by atoms with van der Waals surface area (Å²) in [5.74, 6) is 1.13. The number of hydrazine groups is 1. The van der Waals surface area contributed by atoms with Gasteiger partial charge in [-0.2, -0.15) is 13.2 Å². The number of ether oxygens (including phenoxy) is 1. The molecule has 0 amide bonds. The lowest BCUT2D eigenvalue weighted by Crippen LogP contribution is -2.43. The zero-order valence-electron chi connectivity index (χ0n) is 45.5. The van der Waals surface area contributed by atoms with Crippen LogP contribution in [0.15, 0.2) is 115 Å². The van der Waals surface area contributed by atoms with Gasteiger partial charge >= 0.3 is 11.9 Å². The number of likely N-dealkylation sites (N-methyl/N-ethyl adjacent to an activating group) is 1. The number of piperazine rings is 1. The molecular weight excluding hydrogens is 970 g/mol. The lowest BCUT2D eigenvalue weighted by molar-refractivity contribution is -0.136. The van der Waals surface area contributed by atoms with E-state index in [9.17, 15) is 22.8 Å². The van der Waals surface area contributed by atoms with E-state index < -0.39 is 17.4 Å². The Hall–Kier alpha value is -6.08. The molecule has 3 fully saturated rings. The number of alkyl halides is 3. The summed E-state index contributed by atoms with van der Waals surface area (Å²) >= 11 is 0. The molecule has 9 rings (SSSR count). The highest BCUT2D eigenvalue weighted by Gasteiger charge is 2.35. The Bertz CT molecular complexity index is 2700. The van der Waals surface area contributed by atoms with Gasteiger partial charge in [-0.1, -0.05) is 112 Å². The maximum absolute atomic E-state index is 14.4. The van der Waals surface area contributed by atoms with E-state index in [-0.39, 0.29) is 5.52 Å². The number of piperidine rings is 1. The molecule has 0 unspecified atom stereocenters. The van der Waals surface area contributed by atoms with E-state index in [4.69, 9.17) is 9.53 Å². The number of unbranched alkanes of at least 4 members (excludes halogenated alkanes) is 2. The number of carbonyl (C=O) groups excluding carboxylic acids is 2. The Kier molecular flexibility index (Phi) is 25.5. The number of likely N-dealkylation sites (tertiary alicyclic amines) is 1. The van der Waals surface area contributed by atoms with Crippen LogP contribution in [0.5, 0.6) is 0 Å². The SMILES string of the molecule is C1CCC1.C=CCCCC.C=O.CN1CCN(Cc2ccc(COCC3CCN(Cc4cc(C(F)(F)F)c5cn(-c6cccc(Cc7nncn7C)c6)c(=O)n5c4)CC3)cc2)CC1.CNN(C)Cc1ccccc1C=O. The second-order valence-corrected chi connectivity index (χ2v) is 19.9. The van der Waals surface area contributed by atoms with E-state index >= 15 is 0 Å². The third-order valence-electron chi connectivity index (χ3n) is 14.0. The number of nitrogens with zero attached hydrogens (tertiary/aromatic N) is 9. The minimum atomic E-state index is -4.62. The van der Waals surface area contributed by atoms with Gasteiger partial charge in [0, 0.05) is 90.9 Å². The first kappa shape index (κ1) is 60.8. The van der Waals surface area contributed by atoms with Gasteiger partial charge < -0.3 is 19.0 Å². The number of imidazole rings is 1. The van der Waals surface area contributed by atoms with Crippen molar-refractivity contribution in [1.82, 2.24) is 48.9 Å². The van der Waals surface area contributed by atoms with Crippen LogP contribution in [0.1, 0.15) is 114 Å². The highest BCUT2D eigenvalue weighted by atomic mass is 19.4. The number of pyridine rings is 1. The Labute approximate surface area is 448 Å². The fourth-order valence-electron chi connectivity index (χ4n) is 8.85. The Morgan fingerprint density at radius 2 is 1.49 bits per heavy atom. The Morgan fingerprint density at radius 1 is 0.829 bits per heavy atom. The molecule has 2 saturated heterocycles. The van der Waals surface area contributed by atoms with E-state index in [0.717, 1.165) is 104 Å². The predicted octanol–water partition coefficient (Wildman–Crippen LogP) is 9.81. The molecule has 3 aromatic heterocycles. The van der Waals surface area contributed by atoms with Crippen LogP contribution in [0.25, 0.3) is 11.2 Å². The maximum Gasteiger partial charge on any atom is 0.418 e. The molecular formula is C59H81F3N10O4. The summed E-state index contributed by atoms with van der Waals surface area (Å²) < 4.78 is 53.5. The molecule has 0 radical (unpaired) electrons. The molecule has 76 heavy (non-hydrogen) atoms. The minimum Gasteiger partial charge on any atom is -0.376 e. The number of hydrogen-bond acceptors (Lipinski definition) is 11. The molecule has 1 aliphatic carbocycles. The maximum atomic E-state index is 14.4. The van der Waals surface area contributed by atoms with Crippen LogP contribution in [-0.2, 0) is 55.4 Å². The molecule has 14 nitrogen and oxygen atoms in total. The average Bonchev–Trinajstić information content (AvgIpc) is 3.98. The molecule has 1 saturated carbocycles. The van der Waals surface area contributed by atoms with E-state index in [0.29, 0.717) is 43.3 Å². The third-order valence-corrected chi connectivity index (χ3v) is 14.0. The summed E-state index contributed by atoms with van der Waals surface area (Å²) in [5.41, 5.74) is 7.52. The standard InChI is InChI=1S/C38H45F3N8O2.C10H14N2O.C6H12.C4H8.CH2O/c1-44-14-16-47(17-15-44)21-28-6-8-29(9-7-28)25-51-26-30-10-12-46(13-11-30)22-32-19-34(38(39,40)41)35-24-48(37(50)49(35)23-32)33-5-3-4-31(18-33)20-36-43-42-27-45(36)2;1-11-12(2)7-9-5-3-4-6-10(9)8-13;1-3-5-6-4-2;1-2-4-3-1;1-2/h3-9,18-19,23-24,27,30H,10-17,20-22,25-26H2,1-2H3;3-6,8,11H,7H2,1-2H3;3H,1,4-6H2,2H3;1-4H2;1H2. The van der Waals surface area contributed by atoms with E-state index in [1.165, 1.54) is 67.3 Å². The smallest absolute Gasteiger partial charge is 0.376 e. The topological polar surface area (TPSA) is 125 Å². The highest BCUT2D eigenvalue weighted by Crippen LogP contribution is 2.34. The van der Waals surface area contributed by atoms with Crippen molar-refractivity contribution < 1.29 is 27.5 Å². The number of halogens is 3. The van der Waals surface area contributed by atoms with Crippen LogP contribution in [0.3, 0.4) is 0 Å². The van der Waals surface area contributed by atoms with Gasteiger partial charge in [-0.25, -0.2) is 9.80 Å². The van der Waals surface area contributed by atoms with Crippen LogP contribution >= 0.6 is 0 Å². The van der Waals surface area contributed by atoms with E-state index in [2.05, 4.69) is 75.1 Å². The number of allylic oxidation sites excluding steroid dienone is 1. The van der Waals surface area contributed by atoms with Crippen LogP contribution in [0.4, 0.5) is 13.2 Å². The van der Waals surface area contributed by atoms with Gasteiger partial charge in [0.05, 0.1) is 23.4 Å². The molecule has 17 heteroatoms. The second-order valence-electron chi connectivity index (χ2n) is 19.9. The molecule has 0 spiro atoms. The lowest BCUT2D eigenvalue weighted by atomic mass is 9.97. The predicted molar refractivity (Wildman–Crippen MR) is 296 cm³/mol. The molecule has 1 N–H and O–H groups in total. The van der Waals surface area contributed by atoms with Crippen molar-refractivity contribution >= 4 is 18.6 Å². The first-order valence-electron chi connectivity index (χ1n) is 26.6. The molecule has 0 bridgehead atoms. The number of fused-ring (bicyclic) bond motifs is 1. The number of aryl methyl sites for hydroxylation is 1. The fourth-order valence-corrected chi connectivity index (χ4v) is 8.85. The third kappa shape index (κ3) is 19.2. The first-order chi connectivity index (χ1) is 36.8. The molecule has 412 valence electrons. The first-order valence-corrected chi connectivity index (χ1v) is 26.6. The van der Waals surface area contributed by atoms with E-state index in [1.807, 2.05) is 69.3 Å². The zero-order chi connectivity index (χ0) is 54.9. The number of aromatic nitrogens is 5. The van der Waals surface area contributed by atoms with Crippen LogP contribution in [0.2, 0.25) is 0 Å². The zero-order valence-corrected chi connectivity index (χ0v) is 45.5. The van der Waals surface area contributed by atoms with Crippen molar-refractivity contribution in [1.29, 1.82) is 0 Å². The molecule has 3 aliphatic rings. The monoisotopic (exact) mass is 1050 g/mol. The van der Waals surface area contributed by atoms with Crippen molar-refractivity contribution in [3.05, 3.63) is 165 Å². The van der Waals surface area contributed by atoms with Gasteiger partial charge in [0.1, 0.15) is 25.2 Å². The summed E-state index contributed by atoms with van der Waals surface area (Å²) in [4.78, 5) is 39.3. The van der Waals surface area contributed by atoms with Crippen molar-refractivity contribution in [2.24, 2.45) is 13.0 Å². The number of hydrogen-bond donors (Lipinski definition) is 1. The minimum absolute atomic E-state index is 0.171. The number of rotatable bonds is 18. The molecule has 6 aromatic rings. The number of carbonyl (C=O) groups is 2. The van der Waals surface area contributed by atoms with Gasteiger partial charge in [0.2, 0.25) is 0 Å². The second kappa shape index (κ2) is 31.8. The lowest BCUT2D eigenvalue weighted by Gasteiger charge is -2.32. The fraction of sp³-hybridized carbons (Fsp3) is 0.475. The van der Waals surface area contributed by atoms with Gasteiger partial charge in [-0.3, -0.25) is 29.0 Å². The van der Waals surface area contributed by atoms with Crippen molar-refractivity contribution in [2.75, 3.05) is 67.0 Å². The molecule has 2 aliphatic heterocycles. The highest BCUT2D eigenvalue weighted by molar-refractivity contribution is 5.77. The van der Waals surface area contributed by atoms with Gasteiger partial charge in [-0.15, -0.1) is 16.8 Å². The van der Waals surface area contributed by atoms with Crippen LogP contribution in [0, 0.1) is 5.92 Å². The summed E-state index contributed by atoms with van der Waals surface area (Å²) in [6, 6.07) is 24.7. The van der Waals surface area contributed by atoms with E-state index in [1.54, 1.807) is 35.3 Å². The van der Waals surface area contributed by atoms with Crippen LogP contribution in [-0.4, -0.2) is 124 Å². The Morgan fingerprint density at radius 3 is 2.08 bits per heavy atom. The summed E-state index contributed by atoms with van der Waals surface area (Å²) in [5, 5.41) is 9.93. The number of aldehydes is 1. The van der Waals surface area contributed by atoms with Crippen LogP contribution < -0.4 is 11.1 Å². The summed E-state index contributed by atoms with van der Waals surface area (Å²) in [6.45, 7) is 17.0. The van der Waals surface area contributed by atoms with Gasteiger partial charge in [-0.05, 0) is 98.4 Å². The van der Waals surface area contributed by atoms with Crippen molar-refractivity contribution in [3.8, 4) is 5.69 Å². The summed E-state index contributed by atoms with van der Waals surface area (Å²) in [6.07, 6.45) is 14.7. The Balaban J connectivity index is 0.000000350. The number of nitrogens with one attached hydrogen (secondary N) is 1. The summed E-state index contributed by atoms with van der Waals surface area (Å²) in [7, 11) is 7.79. The van der Waals surface area contributed by atoms with Crippen molar-refractivity contribution in [2.45, 2.75) is 104 Å². The van der Waals surface area contributed by atoms with Gasteiger partial charge in [0.15, 0.2) is 0 Å². The number of benzene rings is 3. The normalized spacial score (nSPS) is 15.2.